The number of halogens is 1. The van der Waals surface area contributed by atoms with E-state index in [1.54, 1.807) is 0 Å². The van der Waals surface area contributed by atoms with E-state index >= 15 is 0 Å². The monoisotopic (exact) mass is 484 g/mol. The fraction of sp³-hybridized carbons (Fsp3) is 0. The van der Waals surface area contributed by atoms with Gasteiger partial charge in [0, 0.05) is 4.47 Å². The molecule has 6 rings (SSSR count). The molecule has 0 heterocycles. The predicted octanol–water partition coefficient (Wildman–Crippen LogP) is 9.76. The molecule has 33 heavy (non-hydrogen) atoms. The van der Waals surface area contributed by atoms with Gasteiger partial charge in [-0.05, 0) is 85.3 Å². The van der Waals surface area contributed by atoms with Gasteiger partial charge in [0.25, 0.3) is 0 Å². The Balaban J connectivity index is 1.64. The highest BCUT2D eigenvalue weighted by atomic mass is 79.9. The maximum Gasteiger partial charge on any atom is 0.0175 e. The van der Waals surface area contributed by atoms with Crippen molar-refractivity contribution in [2.24, 2.45) is 0 Å². The molecule has 0 nitrogen and oxygen atoms in total. The van der Waals surface area contributed by atoms with Crippen molar-refractivity contribution in [2.75, 3.05) is 0 Å². The summed E-state index contributed by atoms with van der Waals surface area (Å²) in [6.07, 6.45) is 0. The minimum absolute atomic E-state index is 1.09. The number of hydrogen-bond acceptors (Lipinski definition) is 0. The molecule has 0 aliphatic rings. The first kappa shape index (κ1) is 20.0. The van der Waals surface area contributed by atoms with Gasteiger partial charge in [0.15, 0.2) is 0 Å². The third-order valence-corrected chi connectivity index (χ3v) is 6.84. The van der Waals surface area contributed by atoms with Crippen LogP contribution in [-0.4, -0.2) is 0 Å². The highest BCUT2D eigenvalue weighted by molar-refractivity contribution is 9.10. The van der Waals surface area contributed by atoms with E-state index in [1.165, 1.54) is 54.9 Å². The molecule has 0 atom stereocenters. The summed E-state index contributed by atoms with van der Waals surface area (Å²) in [6, 6.07) is 45.9. The molecule has 156 valence electrons. The summed E-state index contributed by atoms with van der Waals surface area (Å²) < 4.78 is 1.09. The Bertz CT molecular complexity index is 1500. The van der Waals surface area contributed by atoms with Crippen LogP contribution in [0.1, 0.15) is 0 Å². The summed E-state index contributed by atoms with van der Waals surface area (Å²) in [5.41, 5.74) is 7.41. The minimum Gasteiger partial charge on any atom is -0.0616 e. The first-order chi connectivity index (χ1) is 16.3. The smallest absolute Gasteiger partial charge is 0.0175 e. The summed E-state index contributed by atoms with van der Waals surface area (Å²) in [5, 5.41) is 5.07. The molecule has 0 amide bonds. The van der Waals surface area contributed by atoms with Gasteiger partial charge in [0.05, 0.1) is 0 Å². The van der Waals surface area contributed by atoms with Gasteiger partial charge in [-0.15, -0.1) is 0 Å². The Morgan fingerprint density at radius 1 is 0.364 bits per heavy atom. The van der Waals surface area contributed by atoms with Crippen molar-refractivity contribution in [3.8, 4) is 33.4 Å². The van der Waals surface area contributed by atoms with Gasteiger partial charge in [0.2, 0.25) is 0 Å². The molecular formula is C32H21Br. The molecule has 6 aromatic carbocycles. The lowest BCUT2D eigenvalue weighted by Crippen LogP contribution is -1.88. The van der Waals surface area contributed by atoms with Crippen LogP contribution < -0.4 is 0 Å². The molecule has 0 N–H and O–H groups in total. The normalized spacial score (nSPS) is 11.2. The molecule has 0 saturated carbocycles. The average molecular weight is 485 g/mol. The van der Waals surface area contributed by atoms with Crippen LogP contribution in [0.3, 0.4) is 0 Å². The molecule has 0 unspecified atom stereocenters. The van der Waals surface area contributed by atoms with E-state index in [4.69, 9.17) is 0 Å². The zero-order valence-corrected chi connectivity index (χ0v) is 19.6. The zero-order chi connectivity index (χ0) is 22.2. The molecule has 0 bridgehead atoms. The molecule has 0 spiro atoms. The third kappa shape index (κ3) is 3.75. The van der Waals surface area contributed by atoms with E-state index in [0.717, 1.165) is 4.47 Å². The summed E-state index contributed by atoms with van der Waals surface area (Å²) in [7, 11) is 0. The van der Waals surface area contributed by atoms with Crippen LogP contribution in [0.5, 0.6) is 0 Å². The highest BCUT2D eigenvalue weighted by Crippen LogP contribution is 2.38. The van der Waals surface area contributed by atoms with Crippen molar-refractivity contribution in [3.63, 3.8) is 0 Å². The molecule has 6 aromatic rings. The summed E-state index contributed by atoms with van der Waals surface area (Å²) in [4.78, 5) is 0. The summed E-state index contributed by atoms with van der Waals surface area (Å²) in [6.45, 7) is 0. The van der Waals surface area contributed by atoms with Crippen LogP contribution in [0.4, 0.5) is 0 Å². The van der Waals surface area contributed by atoms with E-state index in [2.05, 4.69) is 143 Å². The van der Waals surface area contributed by atoms with Crippen molar-refractivity contribution >= 4 is 37.5 Å². The molecule has 1 heteroatoms. The van der Waals surface area contributed by atoms with Crippen LogP contribution in [0.15, 0.2) is 132 Å². The second kappa shape index (κ2) is 8.35. The Morgan fingerprint density at radius 2 is 0.818 bits per heavy atom. The Labute approximate surface area is 202 Å². The van der Waals surface area contributed by atoms with Crippen molar-refractivity contribution in [2.45, 2.75) is 0 Å². The molecule has 0 aromatic heterocycles. The maximum absolute atomic E-state index is 3.57. The van der Waals surface area contributed by atoms with E-state index in [0.29, 0.717) is 0 Å². The molecule has 0 saturated heterocycles. The summed E-state index contributed by atoms with van der Waals surface area (Å²) >= 11 is 3.57. The van der Waals surface area contributed by atoms with Crippen molar-refractivity contribution < 1.29 is 0 Å². The first-order valence-electron chi connectivity index (χ1n) is 11.1. The van der Waals surface area contributed by atoms with Gasteiger partial charge < -0.3 is 0 Å². The lowest BCUT2D eigenvalue weighted by Gasteiger charge is -2.14. The first-order valence-corrected chi connectivity index (χ1v) is 11.9. The molecular weight excluding hydrogens is 464 g/mol. The maximum atomic E-state index is 3.57. The second-order valence-electron chi connectivity index (χ2n) is 8.36. The predicted molar refractivity (Wildman–Crippen MR) is 145 cm³/mol. The van der Waals surface area contributed by atoms with Crippen LogP contribution >= 0.6 is 15.9 Å². The van der Waals surface area contributed by atoms with Gasteiger partial charge in [-0.3, -0.25) is 0 Å². The largest absolute Gasteiger partial charge is 0.0616 e. The Morgan fingerprint density at radius 3 is 1.36 bits per heavy atom. The minimum atomic E-state index is 1.09. The van der Waals surface area contributed by atoms with Gasteiger partial charge >= 0.3 is 0 Å². The van der Waals surface area contributed by atoms with E-state index < -0.39 is 0 Å². The van der Waals surface area contributed by atoms with Gasteiger partial charge in [0.1, 0.15) is 0 Å². The fourth-order valence-electron chi connectivity index (χ4n) is 4.70. The van der Waals surface area contributed by atoms with E-state index in [1.807, 2.05) is 0 Å². The van der Waals surface area contributed by atoms with Gasteiger partial charge in [-0.2, -0.15) is 0 Å². The number of fused-ring (bicyclic) bond motifs is 2. The van der Waals surface area contributed by atoms with Crippen molar-refractivity contribution in [3.05, 3.63) is 132 Å². The Hall–Kier alpha value is -3.68. The zero-order valence-electron chi connectivity index (χ0n) is 18.0. The van der Waals surface area contributed by atoms with E-state index in [9.17, 15) is 0 Å². The highest BCUT2D eigenvalue weighted by Gasteiger charge is 2.11. The molecule has 0 radical (unpaired) electrons. The number of benzene rings is 6. The number of rotatable bonds is 3. The van der Waals surface area contributed by atoms with Crippen LogP contribution in [0.25, 0.3) is 54.9 Å². The third-order valence-electron chi connectivity index (χ3n) is 6.31. The summed E-state index contributed by atoms with van der Waals surface area (Å²) in [5.74, 6) is 0. The van der Waals surface area contributed by atoms with E-state index in [-0.39, 0.29) is 0 Å². The fourth-order valence-corrected chi connectivity index (χ4v) is 4.97. The van der Waals surface area contributed by atoms with Crippen LogP contribution in [0, 0.1) is 0 Å². The van der Waals surface area contributed by atoms with Gasteiger partial charge in [-0.1, -0.05) is 113 Å². The van der Waals surface area contributed by atoms with Crippen molar-refractivity contribution in [1.82, 2.24) is 0 Å². The standard InChI is InChI=1S/C32H21Br/c33-28-17-15-22(16-18-28)25-19-26(31-13-5-9-23-7-1-3-11-29(23)31)21-27(20-25)32-14-6-10-24-8-2-4-12-30(24)32/h1-21H. The van der Waals surface area contributed by atoms with Crippen LogP contribution in [-0.2, 0) is 0 Å². The quantitative estimate of drug-likeness (QED) is 0.234. The SMILES string of the molecule is Brc1ccc(-c2cc(-c3cccc4ccccc34)cc(-c3cccc4ccccc34)c2)cc1. The number of hydrogen-bond donors (Lipinski definition) is 0. The topological polar surface area (TPSA) is 0 Å². The molecule has 0 aliphatic heterocycles. The Kier molecular flexibility index (Phi) is 5.05. The van der Waals surface area contributed by atoms with Crippen molar-refractivity contribution in [1.29, 1.82) is 0 Å². The lowest BCUT2D eigenvalue weighted by atomic mass is 9.90. The van der Waals surface area contributed by atoms with Crippen LogP contribution in [0.2, 0.25) is 0 Å². The average Bonchev–Trinajstić information content (AvgIpc) is 2.88. The van der Waals surface area contributed by atoms with Gasteiger partial charge in [-0.25, -0.2) is 0 Å². The molecule has 0 aliphatic carbocycles. The lowest BCUT2D eigenvalue weighted by molar-refractivity contribution is 1.57. The molecule has 0 fully saturated rings. The second-order valence-corrected chi connectivity index (χ2v) is 9.28.